The van der Waals surface area contributed by atoms with Gasteiger partial charge in [0.25, 0.3) is 17.7 Å². The van der Waals surface area contributed by atoms with Crippen molar-refractivity contribution in [3.63, 3.8) is 0 Å². The van der Waals surface area contributed by atoms with Gasteiger partial charge < -0.3 is 19.5 Å². The lowest BCUT2D eigenvalue weighted by Crippen LogP contribution is -2.35. The molecule has 0 radical (unpaired) electrons. The molecule has 3 aromatic carbocycles. The topological polar surface area (TPSA) is 106 Å². The first-order chi connectivity index (χ1) is 17.4. The lowest BCUT2D eigenvalue weighted by molar-refractivity contribution is -0.118. The first-order valence-electron chi connectivity index (χ1n) is 10.8. The molecule has 1 aliphatic heterocycles. The number of benzene rings is 3. The number of amides is 3. The minimum atomic E-state index is -0.593. The number of hydrogen-bond donors (Lipinski definition) is 2. The van der Waals surface area contributed by atoms with Gasteiger partial charge in [-0.3, -0.25) is 19.8 Å². The summed E-state index contributed by atoms with van der Waals surface area (Å²) in [6.45, 7) is -0.450. The van der Waals surface area contributed by atoms with Crippen molar-refractivity contribution in [2.75, 3.05) is 31.2 Å². The van der Waals surface area contributed by atoms with Crippen LogP contribution in [-0.4, -0.2) is 38.5 Å². The van der Waals surface area contributed by atoms with E-state index in [2.05, 4.69) is 10.7 Å². The van der Waals surface area contributed by atoms with Crippen LogP contribution >= 0.6 is 0 Å². The fourth-order valence-electron chi connectivity index (χ4n) is 3.50. The number of nitrogens with zero attached hydrogens (tertiary/aromatic N) is 1. The summed E-state index contributed by atoms with van der Waals surface area (Å²) >= 11 is 0. The molecule has 1 saturated heterocycles. The summed E-state index contributed by atoms with van der Waals surface area (Å²) in [5, 5.41) is 3.59. The highest BCUT2D eigenvalue weighted by Crippen LogP contribution is 2.39. The van der Waals surface area contributed by atoms with Gasteiger partial charge in [-0.1, -0.05) is 30.3 Å². The largest absolute Gasteiger partial charge is 0.493 e. The normalized spacial score (nSPS) is 14.0. The number of ether oxygens (including phenoxy) is 3. The zero-order valence-corrected chi connectivity index (χ0v) is 19.4. The van der Waals surface area contributed by atoms with Crippen molar-refractivity contribution in [3.8, 4) is 17.2 Å². The minimum absolute atomic E-state index is 0.0241. The van der Waals surface area contributed by atoms with Crippen molar-refractivity contribution in [2.45, 2.75) is 0 Å². The van der Waals surface area contributed by atoms with Crippen molar-refractivity contribution < 1.29 is 33.0 Å². The second-order valence-electron chi connectivity index (χ2n) is 7.55. The number of rotatable bonds is 8. The van der Waals surface area contributed by atoms with Crippen LogP contribution in [0, 0.1) is 5.82 Å². The quantitative estimate of drug-likeness (QED) is 0.370. The van der Waals surface area contributed by atoms with Crippen LogP contribution in [0.15, 0.2) is 72.3 Å². The molecule has 0 saturated carbocycles. The molecule has 4 rings (SSSR count). The number of carbonyl (C=O) groups is 3. The van der Waals surface area contributed by atoms with Crippen LogP contribution in [0.2, 0.25) is 0 Å². The van der Waals surface area contributed by atoms with Gasteiger partial charge in [-0.25, -0.2) is 9.40 Å². The maximum Gasteiger partial charge on any atom is 0.282 e. The summed E-state index contributed by atoms with van der Waals surface area (Å²) in [5.74, 6) is -1.73. The highest BCUT2D eigenvalue weighted by molar-refractivity contribution is 6.31. The van der Waals surface area contributed by atoms with Gasteiger partial charge >= 0.3 is 0 Å². The van der Waals surface area contributed by atoms with Crippen molar-refractivity contribution in [2.24, 2.45) is 0 Å². The van der Waals surface area contributed by atoms with Gasteiger partial charge in [0, 0.05) is 0 Å². The summed E-state index contributed by atoms with van der Waals surface area (Å²) in [7, 11) is 2.78. The molecule has 3 amide bonds. The van der Waals surface area contributed by atoms with Crippen LogP contribution in [0.5, 0.6) is 17.2 Å². The molecule has 0 aliphatic carbocycles. The number of hydrogen-bond acceptors (Lipinski definition) is 6. The van der Waals surface area contributed by atoms with Crippen molar-refractivity contribution in [1.82, 2.24) is 5.43 Å². The van der Waals surface area contributed by atoms with Crippen LogP contribution in [-0.2, 0) is 14.4 Å². The molecule has 2 N–H and O–H groups in total. The van der Waals surface area contributed by atoms with Gasteiger partial charge in [-0.05, 0) is 48.0 Å². The molecule has 184 valence electrons. The summed E-state index contributed by atoms with van der Waals surface area (Å²) in [6.07, 6.45) is 1.40. The first kappa shape index (κ1) is 24.3. The van der Waals surface area contributed by atoms with Crippen molar-refractivity contribution >= 4 is 35.2 Å². The first-order valence-corrected chi connectivity index (χ1v) is 10.8. The number of para-hydroxylation sites is 2. The number of anilines is 2. The Morgan fingerprint density at radius 1 is 1.00 bits per heavy atom. The van der Waals surface area contributed by atoms with E-state index in [0.29, 0.717) is 11.3 Å². The molecule has 0 spiro atoms. The van der Waals surface area contributed by atoms with Gasteiger partial charge in [-0.2, -0.15) is 0 Å². The average Bonchev–Trinajstić information content (AvgIpc) is 3.17. The fourth-order valence-corrected chi connectivity index (χ4v) is 3.50. The predicted octanol–water partition coefficient (Wildman–Crippen LogP) is 3.32. The van der Waals surface area contributed by atoms with Gasteiger partial charge in [-0.15, -0.1) is 0 Å². The fraction of sp³-hybridized carbons (Fsp3) is 0.115. The SMILES string of the molecule is COc1cc(/C=C2/C(=O)NN(c3ccccc3)C2=O)cc(OC)c1OCC(=O)Nc1ccccc1F. The molecule has 3 aromatic rings. The molecule has 1 aliphatic rings. The van der Waals surface area contributed by atoms with E-state index in [9.17, 15) is 18.8 Å². The molecule has 10 heteroatoms. The van der Waals surface area contributed by atoms with Crippen molar-refractivity contribution in [3.05, 3.63) is 83.7 Å². The van der Waals surface area contributed by atoms with Crippen LogP contribution in [0.3, 0.4) is 0 Å². The second-order valence-corrected chi connectivity index (χ2v) is 7.55. The Balaban J connectivity index is 1.55. The monoisotopic (exact) mass is 491 g/mol. The molecule has 1 fully saturated rings. The van der Waals surface area contributed by atoms with Gasteiger partial charge in [0.2, 0.25) is 5.75 Å². The van der Waals surface area contributed by atoms with E-state index >= 15 is 0 Å². The number of methoxy groups -OCH3 is 2. The van der Waals surface area contributed by atoms with E-state index in [4.69, 9.17) is 14.2 Å². The van der Waals surface area contributed by atoms with E-state index in [1.807, 2.05) is 0 Å². The lowest BCUT2D eigenvalue weighted by atomic mass is 10.1. The van der Waals surface area contributed by atoms with Crippen LogP contribution in [0.25, 0.3) is 6.08 Å². The number of halogens is 1. The van der Waals surface area contributed by atoms with E-state index in [-0.39, 0.29) is 28.5 Å². The van der Waals surface area contributed by atoms with E-state index in [1.165, 1.54) is 50.6 Å². The Labute approximate surface area is 206 Å². The molecular formula is C26H22FN3O6. The third-order valence-electron chi connectivity index (χ3n) is 5.20. The zero-order valence-electron chi connectivity index (χ0n) is 19.4. The Morgan fingerprint density at radius 3 is 2.28 bits per heavy atom. The molecule has 0 bridgehead atoms. The maximum absolute atomic E-state index is 13.8. The predicted molar refractivity (Wildman–Crippen MR) is 130 cm³/mol. The Bertz CT molecular complexity index is 1320. The standard InChI is InChI=1S/C26H22FN3O6/c1-34-21-13-16(12-18-25(32)29-30(26(18)33)17-8-4-3-5-9-17)14-22(35-2)24(21)36-15-23(31)28-20-11-7-6-10-19(20)27/h3-14H,15H2,1-2H3,(H,28,31)(H,29,32)/b18-12-. The summed E-state index contributed by atoms with van der Waals surface area (Å²) in [5.41, 5.74) is 3.43. The second kappa shape index (κ2) is 10.6. The van der Waals surface area contributed by atoms with E-state index < -0.39 is 30.1 Å². The molecule has 0 atom stereocenters. The van der Waals surface area contributed by atoms with Gasteiger partial charge in [0.05, 0.1) is 25.6 Å². The van der Waals surface area contributed by atoms with Gasteiger partial charge in [0.1, 0.15) is 11.4 Å². The minimum Gasteiger partial charge on any atom is -0.493 e. The van der Waals surface area contributed by atoms with Crippen LogP contribution < -0.4 is 30.0 Å². The highest BCUT2D eigenvalue weighted by atomic mass is 19.1. The molecule has 0 unspecified atom stereocenters. The maximum atomic E-state index is 13.8. The number of hydrazine groups is 1. The van der Waals surface area contributed by atoms with E-state index in [1.54, 1.807) is 36.4 Å². The van der Waals surface area contributed by atoms with Crippen molar-refractivity contribution in [1.29, 1.82) is 0 Å². The zero-order chi connectivity index (χ0) is 25.7. The molecule has 36 heavy (non-hydrogen) atoms. The third-order valence-corrected chi connectivity index (χ3v) is 5.20. The third kappa shape index (κ3) is 5.12. The summed E-state index contributed by atoms with van der Waals surface area (Å²) in [4.78, 5) is 37.6. The number of nitrogens with one attached hydrogen (secondary N) is 2. The summed E-state index contributed by atoms with van der Waals surface area (Å²) < 4.78 is 30.2. The Morgan fingerprint density at radius 2 is 1.64 bits per heavy atom. The van der Waals surface area contributed by atoms with Crippen LogP contribution in [0.4, 0.5) is 15.8 Å². The Hall–Kier alpha value is -4.86. The molecule has 1 heterocycles. The van der Waals surface area contributed by atoms with Gasteiger partial charge in [0.15, 0.2) is 18.1 Å². The van der Waals surface area contributed by atoms with Crippen LogP contribution in [0.1, 0.15) is 5.56 Å². The summed E-state index contributed by atoms with van der Waals surface area (Å²) in [6, 6.07) is 17.5. The number of carbonyl (C=O) groups excluding carboxylic acids is 3. The molecular weight excluding hydrogens is 469 g/mol. The lowest BCUT2D eigenvalue weighted by Gasteiger charge is -2.15. The Kier molecular flexibility index (Phi) is 7.15. The highest BCUT2D eigenvalue weighted by Gasteiger charge is 2.34. The molecule has 9 nitrogen and oxygen atoms in total. The smallest absolute Gasteiger partial charge is 0.282 e. The van der Waals surface area contributed by atoms with E-state index in [0.717, 1.165) is 5.01 Å². The average molecular weight is 491 g/mol. The molecule has 0 aromatic heterocycles.